The lowest BCUT2D eigenvalue weighted by molar-refractivity contribution is 0.535. The van der Waals surface area contributed by atoms with E-state index in [4.69, 9.17) is 11.6 Å². The highest BCUT2D eigenvalue weighted by molar-refractivity contribution is 6.30. The summed E-state index contributed by atoms with van der Waals surface area (Å²) >= 11 is 5.94. The maximum atomic E-state index is 5.94. The molecule has 2 heteroatoms. The quantitative estimate of drug-likeness (QED) is 0.837. The summed E-state index contributed by atoms with van der Waals surface area (Å²) in [6.07, 6.45) is 2.27. The molecule has 2 aromatic rings. The highest BCUT2D eigenvalue weighted by atomic mass is 35.5. The highest BCUT2D eigenvalue weighted by Gasteiger charge is 2.19. The molecule has 2 aromatic carbocycles. The SMILES string of the molecule is Cc1cc2c(cc1C)NCC(Cc1ccc(Cl)cc1)C2. The van der Waals surface area contributed by atoms with Gasteiger partial charge in [0.15, 0.2) is 0 Å². The van der Waals surface area contributed by atoms with Crippen LogP contribution >= 0.6 is 11.6 Å². The predicted octanol–water partition coefficient (Wildman–Crippen LogP) is 4.78. The molecular weight excluding hydrogens is 266 g/mol. The van der Waals surface area contributed by atoms with Crippen molar-refractivity contribution < 1.29 is 0 Å². The van der Waals surface area contributed by atoms with Crippen molar-refractivity contribution >= 4 is 17.3 Å². The van der Waals surface area contributed by atoms with Gasteiger partial charge in [0.2, 0.25) is 0 Å². The Morgan fingerprint density at radius 3 is 2.55 bits per heavy atom. The molecule has 0 saturated heterocycles. The first-order valence-electron chi connectivity index (χ1n) is 7.20. The molecule has 1 atom stereocenters. The second kappa shape index (κ2) is 5.49. The summed E-state index contributed by atoms with van der Waals surface area (Å²) in [6, 6.07) is 12.9. The lowest BCUT2D eigenvalue weighted by atomic mass is 9.87. The van der Waals surface area contributed by atoms with Gasteiger partial charge >= 0.3 is 0 Å². The number of benzene rings is 2. The Morgan fingerprint density at radius 2 is 1.80 bits per heavy atom. The molecule has 104 valence electrons. The molecule has 1 aliphatic heterocycles. The minimum Gasteiger partial charge on any atom is -0.385 e. The molecule has 0 spiro atoms. The van der Waals surface area contributed by atoms with Crippen molar-refractivity contribution in [3.63, 3.8) is 0 Å². The summed E-state index contributed by atoms with van der Waals surface area (Å²) in [7, 11) is 0. The summed E-state index contributed by atoms with van der Waals surface area (Å²) in [5.41, 5.74) is 6.90. The maximum Gasteiger partial charge on any atom is 0.0406 e. The number of aryl methyl sites for hydroxylation is 2. The van der Waals surface area contributed by atoms with Gasteiger partial charge in [0.25, 0.3) is 0 Å². The molecule has 0 aliphatic carbocycles. The average molecular weight is 286 g/mol. The van der Waals surface area contributed by atoms with Crippen LogP contribution in [0.4, 0.5) is 5.69 Å². The third kappa shape index (κ3) is 2.83. The van der Waals surface area contributed by atoms with Gasteiger partial charge in [0.05, 0.1) is 0 Å². The van der Waals surface area contributed by atoms with E-state index in [1.54, 1.807) is 0 Å². The van der Waals surface area contributed by atoms with Gasteiger partial charge in [-0.05, 0) is 73.1 Å². The number of anilines is 1. The van der Waals surface area contributed by atoms with Crippen LogP contribution in [0.1, 0.15) is 22.3 Å². The van der Waals surface area contributed by atoms with E-state index < -0.39 is 0 Å². The van der Waals surface area contributed by atoms with Crippen LogP contribution in [0.15, 0.2) is 36.4 Å². The predicted molar refractivity (Wildman–Crippen MR) is 86.8 cm³/mol. The first-order chi connectivity index (χ1) is 9.61. The second-order valence-corrected chi connectivity index (χ2v) is 6.31. The number of hydrogen-bond donors (Lipinski definition) is 1. The van der Waals surface area contributed by atoms with Crippen molar-refractivity contribution in [2.24, 2.45) is 5.92 Å². The number of fused-ring (bicyclic) bond motifs is 1. The third-order valence-corrected chi connectivity index (χ3v) is 4.50. The number of nitrogens with one attached hydrogen (secondary N) is 1. The minimum atomic E-state index is 0.658. The Hall–Kier alpha value is -1.47. The molecule has 1 aliphatic rings. The first-order valence-corrected chi connectivity index (χ1v) is 7.58. The van der Waals surface area contributed by atoms with Crippen LogP contribution in [-0.2, 0) is 12.8 Å². The molecule has 0 aromatic heterocycles. The smallest absolute Gasteiger partial charge is 0.0406 e. The summed E-state index contributed by atoms with van der Waals surface area (Å²) in [5, 5.41) is 4.40. The summed E-state index contributed by atoms with van der Waals surface area (Å²) in [4.78, 5) is 0. The third-order valence-electron chi connectivity index (χ3n) is 4.25. The van der Waals surface area contributed by atoms with Gasteiger partial charge in [-0.15, -0.1) is 0 Å². The van der Waals surface area contributed by atoms with Crippen molar-refractivity contribution in [1.29, 1.82) is 0 Å². The zero-order chi connectivity index (χ0) is 14.1. The van der Waals surface area contributed by atoms with Crippen LogP contribution < -0.4 is 5.32 Å². The summed E-state index contributed by atoms with van der Waals surface area (Å²) in [5.74, 6) is 0.658. The molecule has 1 unspecified atom stereocenters. The fraction of sp³-hybridized carbons (Fsp3) is 0.333. The molecule has 1 heterocycles. The molecule has 0 radical (unpaired) electrons. The summed E-state index contributed by atoms with van der Waals surface area (Å²) < 4.78 is 0. The number of rotatable bonds is 2. The molecule has 0 amide bonds. The number of hydrogen-bond acceptors (Lipinski definition) is 1. The lowest BCUT2D eigenvalue weighted by Crippen LogP contribution is -2.25. The Bertz CT molecular complexity index is 616. The fourth-order valence-corrected chi connectivity index (χ4v) is 3.07. The normalized spacial score (nSPS) is 17.4. The lowest BCUT2D eigenvalue weighted by Gasteiger charge is -2.27. The Balaban J connectivity index is 1.75. The molecule has 1 nitrogen and oxygen atoms in total. The minimum absolute atomic E-state index is 0.658. The van der Waals surface area contributed by atoms with E-state index in [9.17, 15) is 0 Å². The Morgan fingerprint density at radius 1 is 1.10 bits per heavy atom. The van der Waals surface area contributed by atoms with Crippen molar-refractivity contribution in [1.82, 2.24) is 0 Å². The molecule has 0 saturated carbocycles. The summed E-state index contributed by atoms with van der Waals surface area (Å²) in [6.45, 7) is 5.42. The van der Waals surface area contributed by atoms with Crippen LogP contribution in [0.5, 0.6) is 0 Å². The van der Waals surface area contributed by atoms with Crippen molar-refractivity contribution in [2.45, 2.75) is 26.7 Å². The monoisotopic (exact) mass is 285 g/mol. The zero-order valence-corrected chi connectivity index (χ0v) is 12.8. The van der Waals surface area contributed by atoms with E-state index in [2.05, 4.69) is 43.4 Å². The standard InChI is InChI=1S/C18H20ClN/c1-12-7-16-10-15(11-20-18(16)8-13(12)2)9-14-3-5-17(19)6-4-14/h3-8,15,20H,9-11H2,1-2H3. The average Bonchev–Trinajstić information content (AvgIpc) is 2.43. The molecule has 1 N–H and O–H groups in total. The van der Waals surface area contributed by atoms with Gasteiger partial charge < -0.3 is 5.32 Å². The van der Waals surface area contributed by atoms with E-state index in [0.29, 0.717) is 5.92 Å². The van der Waals surface area contributed by atoms with Gasteiger partial charge in [-0.3, -0.25) is 0 Å². The van der Waals surface area contributed by atoms with E-state index >= 15 is 0 Å². The van der Waals surface area contributed by atoms with E-state index in [-0.39, 0.29) is 0 Å². The fourth-order valence-electron chi connectivity index (χ4n) is 2.95. The molecular formula is C18H20ClN. The van der Waals surface area contributed by atoms with Crippen LogP contribution in [-0.4, -0.2) is 6.54 Å². The molecule has 0 fully saturated rings. The van der Waals surface area contributed by atoms with Gasteiger partial charge in [0.1, 0.15) is 0 Å². The maximum absolute atomic E-state index is 5.94. The topological polar surface area (TPSA) is 12.0 Å². The van der Waals surface area contributed by atoms with Gasteiger partial charge in [-0.1, -0.05) is 29.8 Å². The van der Waals surface area contributed by atoms with Crippen molar-refractivity contribution in [2.75, 3.05) is 11.9 Å². The van der Waals surface area contributed by atoms with E-state index in [0.717, 1.165) is 24.4 Å². The van der Waals surface area contributed by atoms with E-state index in [1.807, 2.05) is 12.1 Å². The molecule has 0 bridgehead atoms. The zero-order valence-electron chi connectivity index (χ0n) is 12.0. The Labute approximate surface area is 126 Å². The first kappa shape index (κ1) is 13.5. The van der Waals surface area contributed by atoms with Crippen LogP contribution in [0.25, 0.3) is 0 Å². The highest BCUT2D eigenvalue weighted by Crippen LogP contribution is 2.29. The largest absolute Gasteiger partial charge is 0.385 e. The van der Waals surface area contributed by atoms with Gasteiger partial charge in [-0.25, -0.2) is 0 Å². The number of halogens is 1. The Kier molecular flexibility index (Phi) is 3.71. The van der Waals surface area contributed by atoms with Gasteiger partial charge in [0, 0.05) is 17.3 Å². The van der Waals surface area contributed by atoms with E-state index in [1.165, 1.54) is 27.9 Å². The van der Waals surface area contributed by atoms with Gasteiger partial charge in [-0.2, -0.15) is 0 Å². The van der Waals surface area contributed by atoms with Crippen molar-refractivity contribution in [3.8, 4) is 0 Å². The van der Waals surface area contributed by atoms with Crippen molar-refractivity contribution in [3.05, 3.63) is 63.7 Å². The van der Waals surface area contributed by atoms with Crippen LogP contribution in [0.3, 0.4) is 0 Å². The van der Waals surface area contributed by atoms with Crippen LogP contribution in [0, 0.1) is 19.8 Å². The van der Waals surface area contributed by atoms with Crippen LogP contribution in [0.2, 0.25) is 5.02 Å². The second-order valence-electron chi connectivity index (χ2n) is 5.88. The molecule has 3 rings (SSSR count). The molecule has 20 heavy (non-hydrogen) atoms.